The van der Waals surface area contributed by atoms with E-state index in [0.29, 0.717) is 34.3 Å². The molecule has 2 aliphatic rings. The van der Waals surface area contributed by atoms with Crippen molar-refractivity contribution >= 4 is 17.5 Å². The molecular formula is C24H29NO3. The Kier molecular flexibility index (Phi) is 6.61. The Hall–Kier alpha value is -2.49. The van der Waals surface area contributed by atoms with Gasteiger partial charge in [0, 0.05) is 33.9 Å². The molecule has 1 N–H and O–H groups in total. The Morgan fingerprint density at radius 1 is 1.07 bits per heavy atom. The molecule has 4 heteroatoms. The summed E-state index contributed by atoms with van der Waals surface area (Å²) in [6.45, 7) is 3.76. The molecule has 2 aliphatic carbocycles. The lowest BCUT2D eigenvalue weighted by molar-refractivity contribution is -0.118. The van der Waals surface area contributed by atoms with Crippen molar-refractivity contribution in [3.8, 4) is 0 Å². The summed E-state index contributed by atoms with van der Waals surface area (Å²) in [6.07, 6.45) is 9.65. The number of hydrogen-bond donors (Lipinski definition) is 1. The number of benzene rings is 1. The van der Waals surface area contributed by atoms with E-state index >= 15 is 0 Å². The third kappa shape index (κ3) is 4.32. The second-order valence-electron chi connectivity index (χ2n) is 7.82. The molecule has 4 nitrogen and oxygen atoms in total. The zero-order chi connectivity index (χ0) is 20.1. The Morgan fingerprint density at radius 3 is 2.36 bits per heavy atom. The van der Waals surface area contributed by atoms with Gasteiger partial charge in [0.05, 0.1) is 0 Å². The van der Waals surface area contributed by atoms with Crippen molar-refractivity contribution in [1.82, 2.24) is 5.32 Å². The van der Waals surface area contributed by atoms with Crippen molar-refractivity contribution in [2.75, 3.05) is 0 Å². The average molecular weight is 380 g/mol. The SMILES string of the molecule is CCCC/C(=C\C1=C(C)C(=O)c2ccccc2C1=O)C(=O)NC1CCCCC1. The van der Waals surface area contributed by atoms with Gasteiger partial charge in [0.2, 0.25) is 5.91 Å². The maximum atomic E-state index is 13.0. The summed E-state index contributed by atoms with van der Waals surface area (Å²) < 4.78 is 0. The number of nitrogens with one attached hydrogen (secondary N) is 1. The summed E-state index contributed by atoms with van der Waals surface area (Å²) in [6, 6.07) is 7.12. The minimum atomic E-state index is -0.174. The fraction of sp³-hybridized carbons (Fsp3) is 0.458. The zero-order valence-electron chi connectivity index (χ0n) is 16.8. The normalized spacial score (nSPS) is 18.3. The van der Waals surface area contributed by atoms with Crippen LogP contribution in [0.5, 0.6) is 0 Å². The summed E-state index contributed by atoms with van der Waals surface area (Å²) in [4.78, 5) is 38.7. The van der Waals surface area contributed by atoms with Gasteiger partial charge in [-0.15, -0.1) is 0 Å². The van der Waals surface area contributed by atoms with Gasteiger partial charge in [0.15, 0.2) is 11.6 Å². The molecule has 1 aromatic rings. The number of hydrogen-bond acceptors (Lipinski definition) is 3. The molecule has 0 aromatic heterocycles. The number of unbranched alkanes of at least 4 members (excludes halogenated alkanes) is 1. The van der Waals surface area contributed by atoms with E-state index in [2.05, 4.69) is 12.2 Å². The second-order valence-corrected chi connectivity index (χ2v) is 7.82. The monoisotopic (exact) mass is 379 g/mol. The summed E-state index contributed by atoms with van der Waals surface area (Å²) in [5, 5.41) is 3.15. The quantitative estimate of drug-likeness (QED) is 0.712. The largest absolute Gasteiger partial charge is 0.350 e. The minimum absolute atomic E-state index is 0.0974. The molecular weight excluding hydrogens is 350 g/mol. The van der Waals surface area contributed by atoms with E-state index in [4.69, 9.17) is 0 Å². The predicted octanol–water partition coefficient (Wildman–Crippen LogP) is 4.95. The first-order valence-electron chi connectivity index (χ1n) is 10.4. The number of carbonyl (C=O) groups is 3. The van der Waals surface area contributed by atoms with E-state index in [9.17, 15) is 14.4 Å². The molecule has 148 valence electrons. The maximum Gasteiger partial charge on any atom is 0.247 e. The maximum absolute atomic E-state index is 13.0. The van der Waals surface area contributed by atoms with Crippen LogP contribution in [0.2, 0.25) is 0 Å². The third-order valence-corrected chi connectivity index (χ3v) is 5.76. The van der Waals surface area contributed by atoms with E-state index in [1.807, 2.05) is 0 Å². The molecule has 1 fully saturated rings. The number of fused-ring (bicyclic) bond motifs is 1. The molecule has 0 aliphatic heterocycles. The summed E-state index contributed by atoms with van der Waals surface area (Å²) in [7, 11) is 0. The molecule has 0 radical (unpaired) electrons. The molecule has 0 spiro atoms. The first kappa shape index (κ1) is 20.2. The predicted molar refractivity (Wildman–Crippen MR) is 110 cm³/mol. The van der Waals surface area contributed by atoms with Gasteiger partial charge in [0.25, 0.3) is 0 Å². The highest BCUT2D eigenvalue weighted by molar-refractivity contribution is 6.28. The van der Waals surface area contributed by atoms with Crippen LogP contribution in [0.15, 0.2) is 47.1 Å². The van der Waals surface area contributed by atoms with E-state index in [0.717, 1.165) is 38.5 Å². The summed E-state index contributed by atoms with van der Waals surface area (Å²) in [5.41, 5.74) is 2.25. The number of carbonyl (C=O) groups excluding carboxylic acids is 3. The van der Waals surface area contributed by atoms with E-state index in [1.54, 1.807) is 37.3 Å². The second kappa shape index (κ2) is 9.13. The van der Waals surface area contributed by atoms with Crippen LogP contribution in [0.25, 0.3) is 0 Å². The van der Waals surface area contributed by atoms with Crippen LogP contribution >= 0.6 is 0 Å². The number of rotatable bonds is 6. The van der Waals surface area contributed by atoms with Gasteiger partial charge in [-0.25, -0.2) is 0 Å². The van der Waals surface area contributed by atoms with Crippen molar-refractivity contribution < 1.29 is 14.4 Å². The van der Waals surface area contributed by atoms with Gasteiger partial charge in [-0.1, -0.05) is 56.9 Å². The van der Waals surface area contributed by atoms with E-state index < -0.39 is 0 Å². The molecule has 0 saturated heterocycles. The Morgan fingerprint density at radius 2 is 1.71 bits per heavy atom. The highest BCUT2D eigenvalue weighted by Crippen LogP contribution is 2.28. The lowest BCUT2D eigenvalue weighted by Gasteiger charge is -2.24. The Balaban J connectivity index is 1.90. The van der Waals surface area contributed by atoms with Crippen LogP contribution in [0.4, 0.5) is 0 Å². The van der Waals surface area contributed by atoms with Gasteiger partial charge in [0.1, 0.15) is 0 Å². The number of ketones is 2. The summed E-state index contributed by atoms with van der Waals surface area (Å²) >= 11 is 0. The first-order chi connectivity index (χ1) is 13.5. The van der Waals surface area contributed by atoms with Crippen molar-refractivity contribution in [2.45, 2.75) is 71.3 Å². The average Bonchev–Trinajstić information content (AvgIpc) is 2.72. The van der Waals surface area contributed by atoms with E-state index in [-0.39, 0.29) is 23.5 Å². The lowest BCUT2D eigenvalue weighted by Crippen LogP contribution is -2.37. The lowest BCUT2D eigenvalue weighted by atomic mass is 9.83. The van der Waals surface area contributed by atoms with Crippen LogP contribution in [-0.2, 0) is 4.79 Å². The minimum Gasteiger partial charge on any atom is -0.350 e. The van der Waals surface area contributed by atoms with Crippen molar-refractivity contribution in [3.63, 3.8) is 0 Å². The van der Waals surface area contributed by atoms with Gasteiger partial charge >= 0.3 is 0 Å². The smallest absolute Gasteiger partial charge is 0.247 e. The molecule has 3 rings (SSSR count). The standard InChI is InChI=1S/C24H29NO3/c1-3-4-10-17(24(28)25-18-11-6-5-7-12-18)15-21-16(2)22(26)19-13-8-9-14-20(19)23(21)27/h8-9,13-15,18H,3-7,10-12H2,1-2H3,(H,25,28)/b17-15+. The molecule has 0 bridgehead atoms. The van der Waals surface area contributed by atoms with Crippen LogP contribution in [0.3, 0.4) is 0 Å². The molecule has 28 heavy (non-hydrogen) atoms. The molecule has 1 amide bonds. The third-order valence-electron chi connectivity index (χ3n) is 5.76. The van der Waals surface area contributed by atoms with Crippen LogP contribution < -0.4 is 5.32 Å². The number of Topliss-reactive ketones (excluding diaryl/α,β-unsaturated/α-hetero) is 2. The number of amides is 1. The van der Waals surface area contributed by atoms with Crippen LogP contribution in [0, 0.1) is 0 Å². The molecule has 1 saturated carbocycles. The van der Waals surface area contributed by atoms with Gasteiger partial charge in [-0.05, 0) is 38.7 Å². The molecule has 0 unspecified atom stereocenters. The molecule has 0 heterocycles. The van der Waals surface area contributed by atoms with Crippen LogP contribution in [0.1, 0.15) is 85.9 Å². The highest BCUT2D eigenvalue weighted by atomic mass is 16.2. The van der Waals surface area contributed by atoms with Gasteiger partial charge in [-0.2, -0.15) is 0 Å². The molecule has 1 aromatic carbocycles. The van der Waals surface area contributed by atoms with Crippen molar-refractivity contribution in [1.29, 1.82) is 0 Å². The Labute approximate surface area is 167 Å². The van der Waals surface area contributed by atoms with Gasteiger partial charge in [-0.3, -0.25) is 14.4 Å². The first-order valence-corrected chi connectivity index (χ1v) is 10.4. The van der Waals surface area contributed by atoms with Crippen molar-refractivity contribution in [3.05, 3.63) is 58.2 Å². The number of allylic oxidation sites excluding steroid dienone is 3. The highest BCUT2D eigenvalue weighted by Gasteiger charge is 2.29. The fourth-order valence-electron chi connectivity index (χ4n) is 4.01. The Bertz CT molecular complexity index is 841. The van der Waals surface area contributed by atoms with Crippen molar-refractivity contribution in [2.24, 2.45) is 0 Å². The zero-order valence-corrected chi connectivity index (χ0v) is 16.8. The van der Waals surface area contributed by atoms with Gasteiger partial charge < -0.3 is 5.32 Å². The topological polar surface area (TPSA) is 63.2 Å². The molecule has 0 atom stereocenters. The fourth-order valence-corrected chi connectivity index (χ4v) is 4.01. The van der Waals surface area contributed by atoms with E-state index in [1.165, 1.54) is 6.42 Å². The van der Waals surface area contributed by atoms with Crippen LogP contribution in [-0.4, -0.2) is 23.5 Å². The summed E-state index contributed by atoms with van der Waals surface area (Å²) in [5.74, 6) is -0.407.